The van der Waals surface area contributed by atoms with Crippen LogP contribution in [-0.2, 0) is 10.2 Å². The lowest BCUT2D eigenvalue weighted by molar-refractivity contribution is -0.121. The SMILES string of the molecule is CNCCC(=O)NCC1(c2ccc(Cl)cc2)CC1.Cl. The summed E-state index contributed by atoms with van der Waals surface area (Å²) in [6.45, 7) is 1.46. The molecule has 2 rings (SSSR count). The van der Waals surface area contributed by atoms with E-state index in [0.717, 1.165) is 31.0 Å². The first-order valence-electron chi connectivity index (χ1n) is 6.34. The highest BCUT2D eigenvalue weighted by Crippen LogP contribution is 2.47. The maximum Gasteiger partial charge on any atom is 0.221 e. The zero-order chi connectivity index (χ0) is 13.0. The first-order chi connectivity index (χ1) is 8.66. The predicted molar refractivity (Wildman–Crippen MR) is 81.2 cm³/mol. The molecular formula is C14H20Cl2N2O. The van der Waals surface area contributed by atoms with Crippen LogP contribution in [0, 0.1) is 0 Å². The van der Waals surface area contributed by atoms with E-state index in [4.69, 9.17) is 11.6 Å². The molecule has 0 spiro atoms. The van der Waals surface area contributed by atoms with Gasteiger partial charge in [0, 0.05) is 29.9 Å². The van der Waals surface area contributed by atoms with Crippen LogP contribution in [0.5, 0.6) is 0 Å². The average Bonchev–Trinajstić information content (AvgIpc) is 3.16. The predicted octanol–water partition coefficient (Wildman–Crippen LogP) is 2.52. The van der Waals surface area contributed by atoms with Crippen LogP contribution in [0.3, 0.4) is 0 Å². The van der Waals surface area contributed by atoms with Crippen molar-refractivity contribution in [3.8, 4) is 0 Å². The van der Waals surface area contributed by atoms with Crippen molar-refractivity contribution in [3.05, 3.63) is 34.9 Å². The molecule has 0 aliphatic heterocycles. The van der Waals surface area contributed by atoms with E-state index in [1.54, 1.807) is 0 Å². The molecule has 0 saturated heterocycles. The molecule has 1 aliphatic rings. The van der Waals surface area contributed by atoms with Crippen molar-refractivity contribution in [2.24, 2.45) is 0 Å². The zero-order valence-corrected chi connectivity index (χ0v) is 12.6. The molecule has 1 amide bonds. The van der Waals surface area contributed by atoms with Crippen LogP contribution >= 0.6 is 24.0 Å². The third-order valence-electron chi connectivity index (χ3n) is 3.54. The summed E-state index contributed by atoms with van der Waals surface area (Å²) in [6, 6.07) is 7.96. The number of hydrogen-bond donors (Lipinski definition) is 2. The molecule has 0 unspecified atom stereocenters. The average molecular weight is 303 g/mol. The molecule has 0 radical (unpaired) electrons. The molecule has 1 aromatic carbocycles. The van der Waals surface area contributed by atoms with Gasteiger partial charge < -0.3 is 10.6 Å². The Morgan fingerprint density at radius 3 is 2.47 bits per heavy atom. The van der Waals surface area contributed by atoms with Crippen molar-refractivity contribution in [3.63, 3.8) is 0 Å². The fourth-order valence-corrected chi connectivity index (χ4v) is 2.24. The van der Waals surface area contributed by atoms with Crippen molar-refractivity contribution in [1.29, 1.82) is 0 Å². The minimum atomic E-state index is 0. The molecule has 1 aliphatic carbocycles. The number of hydrogen-bond acceptors (Lipinski definition) is 2. The van der Waals surface area contributed by atoms with Crippen LogP contribution in [0.1, 0.15) is 24.8 Å². The molecule has 0 heterocycles. The number of carbonyl (C=O) groups excluding carboxylic acids is 1. The van der Waals surface area contributed by atoms with Crippen LogP contribution in [-0.4, -0.2) is 26.0 Å². The number of benzene rings is 1. The summed E-state index contributed by atoms with van der Waals surface area (Å²) in [5.74, 6) is 0.115. The zero-order valence-electron chi connectivity index (χ0n) is 11.0. The standard InChI is InChI=1S/C14H19ClN2O.ClH/c1-16-9-6-13(18)17-10-14(7-8-14)11-2-4-12(15)5-3-11;/h2-5,16H,6-10H2,1H3,(H,17,18);1H. The van der Waals surface area contributed by atoms with Crippen molar-refractivity contribution >= 4 is 29.9 Å². The second kappa shape index (κ2) is 7.13. The van der Waals surface area contributed by atoms with E-state index in [-0.39, 0.29) is 23.7 Å². The molecule has 1 fully saturated rings. The molecule has 0 bridgehead atoms. The van der Waals surface area contributed by atoms with Crippen molar-refractivity contribution in [2.75, 3.05) is 20.1 Å². The fraction of sp³-hybridized carbons (Fsp3) is 0.500. The van der Waals surface area contributed by atoms with E-state index >= 15 is 0 Å². The van der Waals surface area contributed by atoms with Crippen LogP contribution in [0.15, 0.2) is 24.3 Å². The molecule has 3 nitrogen and oxygen atoms in total. The number of rotatable bonds is 6. The molecule has 0 aromatic heterocycles. The quantitative estimate of drug-likeness (QED) is 0.848. The van der Waals surface area contributed by atoms with Gasteiger partial charge in [0.2, 0.25) is 5.91 Å². The van der Waals surface area contributed by atoms with Crippen molar-refractivity contribution in [2.45, 2.75) is 24.7 Å². The summed E-state index contributed by atoms with van der Waals surface area (Å²) >= 11 is 5.89. The largest absolute Gasteiger partial charge is 0.355 e. The van der Waals surface area contributed by atoms with E-state index in [2.05, 4.69) is 22.8 Å². The minimum Gasteiger partial charge on any atom is -0.355 e. The number of amides is 1. The lowest BCUT2D eigenvalue weighted by Crippen LogP contribution is -2.33. The first-order valence-corrected chi connectivity index (χ1v) is 6.71. The molecule has 19 heavy (non-hydrogen) atoms. The van der Waals surface area contributed by atoms with Gasteiger partial charge in [-0.15, -0.1) is 12.4 Å². The lowest BCUT2D eigenvalue weighted by Gasteiger charge is -2.16. The first kappa shape index (κ1) is 16.3. The smallest absolute Gasteiger partial charge is 0.221 e. The number of nitrogens with one attached hydrogen (secondary N) is 2. The Bertz CT molecular complexity index is 416. The fourth-order valence-electron chi connectivity index (χ4n) is 2.12. The van der Waals surface area contributed by atoms with Gasteiger partial charge in [0.25, 0.3) is 0 Å². The van der Waals surface area contributed by atoms with Crippen LogP contribution < -0.4 is 10.6 Å². The summed E-state index contributed by atoms with van der Waals surface area (Å²) < 4.78 is 0. The van der Waals surface area contributed by atoms with Crippen LogP contribution in [0.2, 0.25) is 5.02 Å². The summed E-state index contributed by atoms with van der Waals surface area (Å²) in [6.07, 6.45) is 2.81. The van der Waals surface area contributed by atoms with Gasteiger partial charge in [0.05, 0.1) is 0 Å². The molecular weight excluding hydrogens is 283 g/mol. The maximum atomic E-state index is 11.6. The highest BCUT2D eigenvalue weighted by atomic mass is 35.5. The summed E-state index contributed by atoms with van der Waals surface area (Å²) in [4.78, 5) is 11.6. The third-order valence-corrected chi connectivity index (χ3v) is 3.79. The van der Waals surface area contributed by atoms with E-state index in [9.17, 15) is 4.79 Å². The van der Waals surface area contributed by atoms with Gasteiger partial charge in [0.15, 0.2) is 0 Å². The van der Waals surface area contributed by atoms with Gasteiger partial charge in [-0.2, -0.15) is 0 Å². The van der Waals surface area contributed by atoms with Gasteiger partial charge >= 0.3 is 0 Å². The summed E-state index contributed by atoms with van der Waals surface area (Å²) in [7, 11) is 1.85. The second-order valence-corrected chi connectivity index (χ2v) is 5.35. The third kappa shape index (κ3) is 4.37. The molecule has 1 saturated carbocycles. The maximum absolute atomic E-state index is 11.6. The van der Waals surface area contributed by atoms with Gasteiger partial charge in [-0.05, 0) is 37.6 Å². The summed E-state index contributed by atoms with van der Waals surface area (Å²) in [5, 5.41) is 6.75. The Kier molecular flexibility index (Phi) is 6.11. The normalized spacial score (nSPS) is 15.5. The highest BCUT2D eigenvalue weighted by molar-refractivity contribution is 6.30. The highest BCUT2D eigenvalue weighted by Gasteiger charge is 2.44. The Hall–Kier alpha value is -0.770. The van der Waals surface area contributed by atoms with Gasteiger partial charge in [-0.3, -0.25) is 4.79 Å². The van der Waals surface area contributed by atoms with E-state index in [1.807, 2.05) is 19.2 Å². The Morgan fingerprint density at radius 2 is 1.95 bits per heavy atom. The Balaban J connectivity index is 0.00000180. The van der Waals surface area contributed by atoms with Gasteiger partial charge in [-0.1, -0.05) is 23.7 Å². The van der Waals surface area contributed by atoms with E-state index < -0.39 is 0 Å². The lowest BCUT2D eigenvalue weighted by atomic mass is 9.96. The van der Waals surface area contributed by atoms with Crippen LogP contribution in [0.25, 0.3) is 0 Å². The molecule has 2 N–H and O–H groups in total. The number of carbonyl (C=O) groups is 1. The molecule has 0 atom stereocenters. The van der Waals surface area contributed by atoms with Crippen molar-refractivity contribution in [1.82, 2.24) is 10.6 Å². The van der Waals surface area contributed by atoms with Gasteiger partial charge in [0.1, 0.15) is 0 Å². The van der Waals surface area contributed by atoms with E-state index in [1.165, 1.54) is 5.56 Å². The molecule has 106 valence electrons. The van der Waals surface area contributed by atoms with Gasteiger partial charge in [-0.25, -0.2) is 0 Å². The Morgan fingerprint density at radius 1 is 1.32 bits per heavy atom. The molecule has 5 heteroatoms. The summed E-state index contributed by atoms with van der Waals surface area (Å²) in [5.41, 5.74) is 1.43. The number of halogens is 2. The second-order valence-electron chi connectivity index (χ2n) is 4.92. The van der Waals surface area contributed by atoms with Crippen molar-refractivity contribution < 1.29 is 4.79 Å². The van der Waals surface area contributed by atoms with Crippen LogP contribution in [0.4, 0.5) is 0 Å². The minimum absolute atomic E-state index is 0. The molecule has 1 aromatic rings. The Labute approximate surface area is 125 Å². The topological polar surface area (TPSA) is 41.1 Å². The monoisotopic (exact) mass is 302 g/mol. The van der Waals surface area contributed by atoms with E-state index in [0.29, 0.717) is 6.42 Å².